The molecule has 1 aliphatic rings. The average molecular weight is 255 g/mol. The van der Waals surface area contributed by atoms with Crippen LogP contribution in [0, 0.1) is 0 Å². The smallest absolute Gasteiger partial charge is 0.249 e. The number of rotatable bonds is 2. The van der Waals surface area contributed by atoms with Gasteiger partial charge in [0.2, 0.25) is 11.2 Å². The van der Waals surface area contributed by atoms with E-state index >= 15 is 0 Å². The molecule has 0 unspecified atom stereocenters. The molecule has 2 heterocycles. The number of amides is 1. The van der Waals surface area contributed by atoms with E-state index in [0.29, 0.717) is 11.5 Å². The highest BCUT2D eigenvalue weighted by Crippen LogP contribution is 2.33. The van der Waals surface area contributed by atoms with Crippen molar-refractivity contribution in [3.05, 3.63) is 11.5 Å². The largest absolute Gasteiger partial charge is 0.346 e. The second-order valence-electron chi connectivity index (χ2n) is 4.16. The van der Waals surface area contributed by atoms with Gasteiger partial charge in [0, 0.05) is 14.1 Å². The Kier molecular flexibility index (Phi) is 3.19. The number of hydrogen-bond acceptors (Lipinski definition) is 4. The number of carbonyl (C=O) groups excluding carboxylic acids is 1. The van der Waals surface area contributed by atoms with Gasteiger partial charge in [-0.25, -0.2) is 4.98 Å². The average Bonchev–Trinajstić information content (AvgIpc) is 2.32. The monoisotopic (exact) mass is 254 g/mol. The highest BCUT2D eigenvalue weighted by molar-refractivity contribution is 6.28. The number of carbonyl (C=O) groups is 1. The van der Waals surface area contributed by atoms with Gasteiger partial charge in [-0.15, -0.1) is 0 Å². The van der Waals surface area contributed by atoms with Crippen LogP contribution in [0.15, 0.2) is 6.20 Å². The van der Waals surface area contributed by atoms with Crippen molar-refractivity contribution < 1.29 is 4.79 Å². The van der Waals surface area contributed by atoms with Crippen LogP contribution in [0.2, 0.25) is 5.28 Å². The number of halogens is 1. The fourth-order valence-corrected chi connectivity index (χ4v) is 2.22. The zero-order chi connectivity index (χ0) is 12.6. The number of anilines is 2. The zero-order valence-corrected chi connectivity index (χ0v) is 10.9. The molecule has 2 rings (SSSR count). The molecule has 1 aromatic heterocycles. The van der Waals surface area contributed by atoms with Crippen molar-refractivity contribution >= 4 is 29.0 Å². The normalized spacial score (nSPS) is 19.5. The van der Waals surface area contributed by atoms with Crippen molar-refractivity contribution in [1.29, 1.82) is 0 Å². The summed E-state index contributed by atoms with van der Waals surface area (Å²) < 4.78 is 0. The first-order valence-corrected chi connectivity index (χ1v) is 5.97. The lowest BCUT2D eigenvalue weighted by Gasteiger charge is -2.38. The lowest BCUT2D eigenvalue weighted by Crippen LogP contribution is -2.51. The molecule has 1 amide bonds. The van der Waals surface area contributed by atoms with Gasteiger partial charge < -0.3 is 9.80 Å². The van der Waals surface area contributed by atoms with Gasteiger partial charge in [-0.2, -0.15) is 4.98 Å². The van der Waals surface area contributed by atoms with Crippen LogP contribution in [0.25, 0.3) is 0 Å². The SMILES string of the molecule is CCC[C@H]1C(=O)N(C)c2cnc(Cl)nc2N1C. The maximum absolute atomic E-state index is 12.2. The molecule has 17 heavy (non-hydrogen) atoms. The van der Waals surface area contributed by atoms with Crippen LogP contribution in [0.4, 0.5) is 11.5 Å². The summed E-state index contributed by atoms with van der Waals surface area (Å²) in [5, 5.41) is 0.202. The van der Waals surface area contributed by atoms with Crippen molar-refractivity contribution in [3.63, 3.8) is 0 Å². The Labute approximate surface area is 105 Å². The third-order valence-corrected chi connectivity index (χ3v) is 3.24. The van der Waals surface area contributed by atoms with Gasteiger partial charge in [0.1, 0.15) is 11.7 Å². The minimum atomic E-state index is -0.163. The summed E-state index contributed by atoms with van der Waals surface area (Å²) in [5.74, 6) is 0.790. The summed E-state index contributed by atoms with van der Waals surface area (Å²) in [4.78, 5) is 23.8. The Morgan fingerprint density at radius 3 is 2.82 bits per heavy atom. The Balaban J connectivity index is 2.47. The lowest BCUT2D eigenvalue weighted by atomic mass is 10.1. The molecule has 1 aliphatic heterocycles. The van der Waals surface area contributed by atoms with E-state index in [1.165, 1.54) is 0 Å². The summed E-state index contributed by atoms with van der Waals surface area (Å²) in [5.41, 5.74) is 0.703. The summed E-state index contributed by atoms with van der Waals surface area (Å²) in [6, 6.07) is -0.163. The first-order valence-electron chi connectivity index (χ1n) is 5.59. The highest BCUT2D eigenvalue weighted by Gasteiger charge is 2.35. The number of nitrogens with zero attached hydrogens (tertiary/aromatic N) is 4. The molecule has 0 N–H and O–H groups in total. The molecule has 0 saturated carbocycles. The maximum Gasteiger partial charge on any atom is 0.249 e. The van der Waals surface area contributed by atoms with Gasteiger partial charge in [-0.05, 0) is 18.0 Å². The molecule has 0 bridgehead atoms. The first-order chi connectivity index (χ1) is 8.06. The molecule has 0 aliphatic carbocycles. The number of aromatic nitrogens is 2. The molecule has 0 saturated heterocycles. The minimum absolute atomic E-state index is 0.0766. The molecular formula is C11H15ClN4O. The van der Waals surface area contributed by atoms with Crippen molar-refractivity contribution in [2.75, 3.05) is 23.9 Å². The predicted molar refractivity (Wildman–Crippen MR) is 67.6 cm³/mol. The predicted octanol–water partition coefficient (Wildman–Crippen LogP) is 1.71. The van der Waals surface area contributed by atoms with Crippen molar-refractivity contribution in [3.8, 4) is 0 Å². The van der Waals surface area contributed by atoms with Crippen LogP contribution >= 0.6 is 11.6 Å². The van der Waals surface area contributed by atoms with Crippen molar-refractivity contribution in [1.82, 2.24) is 9.97 Å². The molecular weight excluding hydrogens is 240 g/mol. The van der Waals surface area contributed by atoms with Gasteiger partial charge in [-0.1, -0.05) is 13.3 Å². The molecule has 0 radical (unpaired) electrons. The van der Waals surface area contributed by atoms with Crippen LogP contribution in [-0.4, -0.2) is 36.0 Å². The van der Waals surface area contributed by atoms with Crippen LogP contribution in [0.5, 0.6) is 0 Å². The quantitative estimate of drug-likeness (QED) is 0.754. The fraction of sp³-hybridized carbons (Fsp3) is 0.545. The van der Waals surface area contributed by atoms with E-state index in [4.69, 9.17) is 11.6 Å². The van der Waals surface area contributed by atoms with Crippen molar-refractivity contribution in [2.24, 2.45) is 0 Å². The van der Waals surface area contributed by atoms with Gasteiger partial charge in [0.15, 0.2) is 5.82 Å². The Morgan fingerprint density at radius 2 is 2.18 bits per heavy atom. The third-order valence-electron chi connectivity index (χ3n) is 3.06. The van der Waals surface area contributed by atoms with Crippen LogP contribution in [0.1, 0.15) is 19.8 Å². The molecule has 1 aromatic rings. The molecule has 0 aromatic carbocycles. The molecule has 6 heteroatoms. The molecule has 5 nitrogen and oxygen atoms in total. The van der Waals surface area contributed by atoms with E-state index in [2.05, 4.69) is 16.9 Å². The van der Waals surface area contributed by atoms with Gasteiger partial charge in [-0.3, -0.25) is 4.79 Å². The van der Waals surface area contributed by atoms with E-state index in [9.17, 15) is 4.79 Å². The molecule has 0 spiro atoms. The highest BCUT2D eigenvalue weighted by atomic mass is 35.5. The van der Waals surface area contributed by atoms with Crippen LogP contribution < -0.4 is 9.80 Å². The van der Waals surface area contributed by atoms with Crippen molar-refractivity contribution in [2.45, 2.75) is 25.8 Å². The molecule has 1 atom stereocenters. The second kappa shape index (κ2) is 4.49. The van der Waals surface area contributed by atoms with Gasteiger partial charge in [0.25, 0.3) is 0 Å². The summed E-state index contributed by atoms with van der Waals surface area (Å²) in [7, 11) is 3.61. The van der Waals surface area contributed by atoms with Gasteiger partial charge in [0.05, 0.1) is 6.20 Å². The number of likely N-dealkylation sites (N-methyl/N-ethyl adjacent to an activating group) is 2. The van der Waals surface area contributed by atoms with E-state index < -0.39 is 0 Å². The fourth-order valence-electron chi connectivity index (χ4n) is 2.09. The Morgan fingerprint density at radius 1 is 1.47 bits per heavy atom. The lowest BCUT2D eigenvalue weighted by molar-refractivity contribution is -0.120. The maximum atomic E-state index is 12.2. The van der Waals surface area contributed by atoms with E-state index in [0.717, 1.165) is 12.8 Å². The van der Waals surface area contributed by atoms with E-state index in [1.807, 2.05) is 11.9 Å². The first kappa shape index (κ1) is 12.1. The zero-order valence-electron chi connectivity index (χ0n) is 10.1. The number of hydrogen-bond donors (Lipinski definition) is 0. The summed E-state index contributed by atoms with van der Waals surface area (Å²) >= 11 is 5.80. The molecule has 0 fully saturated rings. The Hall–Kier alpha value is -1.36. The van der Waals surface area contributed by atoms with Crippen LogP contribution in [0.3, 0.4) is 0 Å². The number of fused-ring (bicyclic) bond motifs is 1. The summed E-state index contributed by atoms with van der Waals surface area (Å²) in [6.45, 7) is 2.06. The molecule has 92 valence electrons. The summed E-state index contributed by atoms with van der Waals surface area (Å²) in [6.07, 6.45) is 3.34. The topological polar surface area (TPSA) is 49.3 Å². The standard InChI is InChI=1S/C11H15ClN4O/c1-4-5-7-10(17)16(3)8-6-13-11(12)14-9(8)15(7)2/h6-7H,4-5H2,1-3H3/t7-/m0/s1. The second-order valence-corrected chi connectivity index (χ2v) is 4.50. The Bertz CT molecular complexity index is 451. The van der Waals surface area contributed by atoms with Crippen LogP contribution in [-0.2, 0) is 4.79 Å². The minimum Gasteiger partial charge on any atom is -0.346 e. The van der Waals surface area contributed by atoms with E-state index in [-0.39, 0.29) is 17.2 Å². The van der Waals surface area contributed by atoms with E-state index in [1.54, 1.807) is 18.1 Å². The van der Waals surface area contributed by atoms with Gasteiger partial charge >= 0.3 is 0 Å². The third kappa shape index (κ3) is 1.95.